The van der Waals surface area contributed by atoms with Crippen molar-refractivity contribution in [1.29, 1.82) is 0 Å². The largest absolute Gasteiger partial charge is 0.364 e. The first-order chi connectivity index (χ1) is 15.0. The molecule has 0 aliphatic rings. The lowest BCUT2D eigenvalue weighted by atomic mass is 9.88. The molecule has 0 aromatic carbocycles. The standard InChI is InChI=1S/C28H57NS2.H3N/c1-6-9-12-15-18-21-24-28(31-27(30)29(4)5,25-22-19-16-13-10-7-2)26-23-20-17-14-11-8-3;/h6-26H2,1-5H3;1H3. The van der Waals surface area contributed by atoms with Crippen LogP contribution in [0.3, 0.4) is 0 Å². The molecular weight excluding hydrogens is 428 g/mol. The summed E-state index contributed by atoms with van der Waals surface area (Å²) in [6, 6.07) is 0. The molecule has 32 heavy (non-hydrogen) atoms. The molecule has 3 N–H and O–H groups in total. The Morgan fingerprint density at radius 3 is 1.12 bits per heavy atom. The SMILES string of the molecule is CCCCCCCCC(CCCCCCCC)(CCCCCCCC)SC(=S)N(C)C.N. The monoisotopic (exact) mass is 488 g/mol. The average Bonchev–Trinajstić information content (AvgIpc) is 2.75. The molecule has 0 heterocycles. The summed E-state index contributed by atoms with van der Waals surface area (Å²) in [5, 5.41) is 0. The van der Waals surface area contributed by atoms with Crippen molar-refractivity contribution in [1.82, 2.24) is 11.1 Å². The quantitative estimate of drug-likeness (QED) is 0.121. The van der Waals surface area contributed by atoms with Crippen LogP contribution in [0.25, 0.3) is 0 Å². The van der Waals surface area contributed by atoms with Gasteiger partial charge in [0.15, 0.2) is 0 Å². The Labute approximate surface area is 213 Å². The van der Waals surface area contributed by atoms with Crippen LogP contribution in [0.2, 0.25) is 0 Å². The number of thioether (sulfide) groups is 1. The molecule has 0 atom stereocenters. The lowest BCUT2D eigenvalue weighted by Crippen LogP contribution is -2.30. The Bertz CT molecular complexity index is 358. The summed E-state index contributed by atoms with van der Waals surface area (Å²) in [5.41, 5.74) is 0. The molecule has 4 heteroatoms. The molecule has 0 radical (unpaired) electrons. The predicted molar refractivity (Wildman–Crippen MR) is 156 cm³/mol. The molecule has 2 nitrogen and oxygen atoms in total. The van der Waals surface area contributed by atoms with Crippen molar-refractivity contribution in [2.24, 2.45) is 0 Å². The van der Waals surface area contributed by atoms with Crippen molar-refractivity contribution in [3.63, 3.8) is 0 Å². The highest BCUT2D eigenvalue weighted by Crippen LogP contribution is 2.42. The van der Waals surface area contributed by atoms with Gasteiger partial charge in [0.1, 0.15) is 4.32 Å². The Morgan fingerprint density at radius 1 is 0.562 bits per heavy atom. The first-order valence-electron chi connectivity index (χ1n) is 13.9. The van der Waals surface area contributed by atoms with Gasteiger partial charge in [-0.15, -0.1) is 0 Å². The van der Waals surface area contributed by atoms with Crippen LogP contribution >= 0.6 is 24.0 Å². The molecule has 0 fully saturated rings. The van der Waals surface area contributed by atoms with E-state index >= 15 is 0 Å². The molecular formula is C28H60N2S2. The fourth-order valence-electron chi connectivity index (χ4n) is 4.49. The van der Waals surface area contributed by atoms with E-state index in [2.05, 4.69) is 51.5 Å². The fourth-order valence-corrected chi connectivity index (χ4v) is 6.31. The summed E-state index contributed by atoms with van der Waals surface area (Å²) in [6.45, 7) is 6.93. The van der Waals surface area contributed by atoms with Gasteiger partial charge < -0.3 is 11.1 Å². The van der Waals surface area contributed by atoms with Crippen molar-refractivity contribution in [3.8, 4) is 0 Å². The summed E-state index contributed by atoms with van der Waals surface area (Å²) in [4.78, 5) is 2.17. The predicted octanol–water partition coefficient (Wildman–Crippen LogP) is 10.7. The molecule has 0 spiro atoms. The second-order valence-corrected chi connectivity index (χ2v) is 12.1. The topological polar surface area (TPSA) is 38.2 Å². The molecule has 0 saturated heterocycles. The van der Waals surface area contributed by atoms with E-state index in [4.69, 9.17) is 12.2 Å². The zero-order chi connectivity index (χ0) is 23.2. The molecule has 0 aromatic rings. The van der Waals surface area contributed by atoms with Crippen LogP contribution in [-0.2, 0) is 0 Å². The highest BCUT2D eigenvalue weighted by Gasteiger charge is 2.31. The summed E-state index contributed by atoms with van der Waals surface area (Å²) in [6.07, 6.45) is 29.2. The molecule has 0 bridgehead atoms. The molecule has 0 rings (SSSR count). The maximum absolute atomic E-state index is 5.82. The minimum Gasteiger partial charge on any atom is -0.364 e. The van der Waals surface area contributed by atoms with E-state index < -0.39 is 0 Å². The van der Waals surface area contributed by atoms with Gasteiger partial charge in [-0.1, -0.05) is 160 Å². The van der Waals surface area contributed by atoms with Gasteiger partial charge in [-0.25, -0.2) is 0 Å². The van der Waals surface area contributed by atoms with Gasteiger partial charge in [-0.2, -0.15) is 0 Å². The third-order valence-corrected chi connectivity index (χ3v) is 8.83. The van der Waals surface area contributed by atoms with E-state index in [1.54, 1.807) is 0 Å². The van der Waals surface area contributed by atoms with Gasteiger partial charge in [-0.3, -0.25) is 0 Å². The Kier molecular flexibility index (Phi) is 26.1. The van der Waals surface area contributed by atoms with Crippen molar-refractivity contribution >= 4 is 28.3 Å². The van der Waals surface area contributed by atoms with Crippen molar-refractivity contribution in [3.05, 3.63) is 0 Å². The molecule has 0 aromatic heterocycles. The van der Waals surface area contributed by atoms with Crippen LogP contribution in [0.5, 0.6) is 0 Å². The van der Waals surface area contributed by atoms with Gasteiger partial charge >= 0.3 is 0 Å². The summed E-state index contributed by atoms with van der Waals surface area (Å²) in [7, 11) is 4.25. The van der Waals surface area contributed by atoms with E-state index in [9.17, 15) is 0 Å². The van der Waals surface area contributed by atoms with Gasteiger partial charge in [0.25, 0.3) is 0 Å². The Balaban J connectivity index is 0. The minimum absolute atomic E-state index is 0. The van der Waals surface area contributed by atoms with E-state index in [0.717, 1.165) is 4.32 Å². The van der Waals surface area contributed by atoms with E-state index in [1.165, 1.54) is 135 Å². The normalized spacial score (nSPS) is 11.4. The second-order valence-electron chi connectivity index (χ2n) is 10.00. The summed E-state index contributed by atoms with van der Waals surface area (Å²) < 4.78 is 1.48. The highest BCUT2D eigenvalue weighted by molar-refractivity contribution is 8.23. The van der Waals surface area contributed by atoms with Crippen molar-refractivity contribution < 1.29 is 0 Å². The zero-order valence-electron chi connectivity index (χ0n) is 22.8. The molecule has 0 unspecified atom stereocenters. The van der Waals surface area contributed by atoms with Gasteiger partial charge in [0.2, 0.25) is 0 Å². The number of unbranched alkanes of at least 4 members (excludes halogenated alkanes) is 15. The third kappa shape index (κ3) is 19.6. The number of hydrogen-bond acceptors (Lipinski definition) is 3. The van der Waals surface area contributed by atoms with Crippen LogP contribution in [-0.4, -0.2) is 28.1 Å². The van der Waals surface area contributed by atoms with Gasteiger partial charge in [0.05, 0.1) is 0 Å². The first kappa shape index (κ1) is 34.4. The molecule has 0 aliphatic carbocycles. The van der Waals surface area contributed by atoms with Crippen LogP contribution < -0.4 is 6.15 Å². The molecule has 194 valence electrons. The van der Waals surface area contributed by atoms with Crippen LogP contribution in [0.4, 0.5) is 0 Å². The minimum atomic E-state index is 0. The maximum atomic E-state index is 5.82. The van der Waals surface area contributed by atoms with E-state index in [0.29, 0.717) is 4.75 Å². The summed E-state index contributed by atoms with van der Waals surface area (Å²) in [5.74, 6) is 0. The van der Waals surface area contributed by atoms with Gasteiger partial charge in [0, 0.05) is 18.8 Å². The van der Waals surface area contributed by atoms with Crippen molar-refractivity contribution in [2.75, 3.05) is 14.1 Å². The smallest absolute Gasteiger partial charge is 0.136 e. The lowest BCUT2D eigenvalue weighted by Gasteiger charge is -2.35. The summed E-state index contributed by atoms with van der Waals surface area (Å²) >= 11 is 7.89. The van der Waals surface area contributed by atoms with Crippen molar-refractivity contribution in [2.45, 2.75) is 160 Å². The lowest BCUT2D eigenvalue weighted by molar-refractivity contribution is 0.404. The maximum Gasteiger partial charge on any atom is 0.136 e. The van der Waals surface area contributed by atoms with E-state index in [1.807, 2.05) is 0 Å². The van der Waals surface area contributed by atoms with Crippen LogP contribution in [0.1, 0.15) is 156 Å². The van der Waals surface area contributed by atoms with Crippen LogP contribution in [0, 0.1) is 0 Å². The Morgan fingerprint density at radius 2 is 0.844 bits per heavy atom. The number of hydrogen-bond donors (Lipinski definition) is 1. The molecule has 0 amide bonds. The third-order valence-electron chi connectivity index (χ3n) is 6.63. The Hall–Kier alpha value is 0.200. The zero-order valence-corrected chi connectivity index (χ0v) is 24.5. The second kappa shape index (κ2) is 24.3. The molecule has 0 saturated carbocycles. The first-order valence-corrected chi connectivity index (χ1v) is 15.1. The number of rotatable bonds is 22. The average molecular weight is 489 g/mol. The van der Waals surface area contributed by atoms with Crippen LogP contribution in [0.15, 0.2) is 0 Å². The van der Waals surface area contributed by atoms with Gasteiger partial charge in [-0.05, 0) is 19.3 Å². The molecule has 0 aliphatic heterocycles. The fraction of sp³-hybridized carbons (Fsp3) is 0.964. The van der Waals surface area contributed by atoms with E-state index in [-0.39, 0.29) is 6.15 Å². The number of thiocarbonyl (C=S) groups is 1. The highest BCUT2D eigenvalue weighted by atomic mass is 32.2. The number of nitrogens with zero attached hydrogens (tertiary/aromatic N) is 1.